The summed E-state index contributed by atoms with van der Waals surface area (Å²) in [6.45, 7) is 1.36. The second-order valence-corrected chi connectivity index (χ2v) is 7.86. The van der Waals surface area contributed by atoms with Gasteiger partial charge in [-0.1, -0.05) is 24.3 Å². The Balaban J connectivity index is 1.35. The van der Waals surface area contributed by atoms with Crippen LogP contribution in [0.1, 0.15) is 17.2 Å². The Morgan fingerprint density at radius 3 is 2.67 bits per heavy atom. The van der Waals surface area contributed by atoms with Gasteiger partial charge in [-0.25, -0.2) is 4.39 Å². The van der Waals surface area contributed by atoms with E-state index >= 15 is 0 Å². The van der Waals surface area contributed by atoms with E-state index < -0.39 is 6.10 Å². The molecule has 1 amide bonds. The lowest BCUT2D eigenvalue weighted by molar-refractivity contribution is -0.134. The SMILES string of the molecule is O=C(NCCn1ncc(-c2ccncc2)c1-c1ccc(F)cc1)C1OCCc2ccccc21. The molecule has 4 aromatic rings. The number of hydrogen-bond donors (Lipinski definition) is 1. The molecule has 0 saturated carbocycles. The molecule has 1 aliphatic rings. The van der Waals surface area contributed by atoms with Crippen molar-refractivity contribution in [1.29, 1.82) is 0 Å². The Labute approximate surface area is 191 Å². The van der Waals surface area contributed by atoms with Gasteiger partial charge in [0.1, 0.15) is 5.82 Å². The minimum atomic E-state index is -0.600. The predicted molar refractivity (Wildman–Crippen MR) is 123 cm³/mol. The summed E-state index contributed by atoms with van der Waals surface area (Å²) in [6.07, 6.45) is 5.45. The number of ether oxygens (including phenoxy) is 1. The topological polar surface area (TPSA) is 69.0 Å². The molecule has 7 heteroatoms. The van der Waals surface area contributed by atoms with Crippen LogP contribution in [0, 0.1) is 5.82 Å². The maximum Gasteiger partial charge on any atom is 0.253 e. The molecular formula is C26H23FN4O2. The number of benzene rings is 2. The second kappa shape index (κ2) is 9.34. The van der Waals surface area contributed by atoms with Gasteiger partial charge in [-0.05, 0) is 59.5 Å². The lowest BCUT2D eigenvalue weighted by Gasteiger charge is -2.25. The van der Waals surface area contributed by atoms with E-state index in [9.17, 15) is 9.18 Å². The van der Waals surface area contributed by atoms with Crippen LogP contribution in [-0.2, 0) is 22.5 Å². The fourth-order valence-electron chi connectivity index (χ4n) is 4.20. The van der Waals surface area contributed by atoms with Gasteiger partial charge in [0.2, 0.25) is 0 Å². The summed E-state index contributed by atoms with van der Waals surface area (Å²) in [4.78, 5) is 16.9. The van der Waals surface area contributed by atoms with E-state index in [4.69, 9.17) is 4.74 Å². The number of halogens is 1. The van der Waals surface area contributed by atoms with Crippen LogP contribution in [-0.4, -0.2) is 33.8 Å². The van der Waals surface area contributed by atoms with Crippen molar-refractivity contribution < 1.29 is 13.9 Å². The third-order valence-electron chi connectivity index (χ3n) is 5.80. The first-order chi connectivity index (χ1) is 16.2. The summed E-state index contributed by atoms with van der Waals surface area (Å²) in [6, 6.07) is 18.0. The summed E-state index contributed by atoms with van der Waals surface area (Å²) >= 11 is 0. The number of carbonyl (C=O) groups excluding carboxylic acids is 1. The van der Waals surface area contributed by atoms with Gasteiger partial charge in [-0.2, -0.15) is 5.10 Å². The van der Waals surface area contributed by atoms with Crippen molar-refractivity contribution in [3.05, 3.63) is 96.2 Å². The third-order valence-corrected chi connectivity index (χ3v) is 5.80. The molecule has 1 aliphatic heterocycles. The van der Waals surface area contributed by atoms with Crippen LogP contribution < -0.4 is 5.32 Å². The molecule has 2 aromatic heterocycles. The summed E-state index contributed by atoms with van der Waals surface area (Å²) in [7, 11) is 0. The molecule has 6 nitrogen and oxygen atoms in total. The highest BCUT2D eigenvalue weighted by atomic mass is 19.1. The second-order valence-electron chi connectivity index (χ2n) is 7.86. The maximum absolute atomic E-state index is 13.5. The average molecular weight is 442 g/mol. The first-order valence-corrected chi connectivity index (χ1v) is 10.9. The molecule has 0 saturated heterocycles. The van der Waals surface area contributed by atoms with E-state index in [0.29, 0.717) is 19.7 Å². The van der Waals surface area contributed by atoms with E-state index in [1.54, 1.807) is 30.7 Å². The maximum atomic E-state index is 13.5. The first kappa shape index (κ1) is 21.0. The number of aromatic nitrogens is 3. The van der Waals surface area contributed by atoms with Gasteiger partial charge < -0.3 is 10.1 Å². The number of carbonyl (C=O) groups is 1. The van der Waals surface area contributed by atoms with Crippen molar-refractivity contribution >= 4 is 5.91 Å². The van der Waals surface area contributed by atoms with Crippen LogP contribution in [0.5, 0.6) is 0 Å². The van der Waals surface area contributed by atoms with Crippen LogP contribution in [0.4, 0.5) is 4.39 Å². The van der Waals surface area contributed by atoms with Crippen molar-refractivity contribution in [2.75, 3.05) is 13.2 Å². The molecule has 1 atom stereocenters. The molecule has 0 aliphatic carbocycles. The van der Waals surface area contributed by atoms with Gasteiger partial charge in [0, 0.05) is 30.1 Å². The van der Waals surface area contributed by atoms with E-state index in [2.05, 4.69) is 15.4 Å². The average Bonchev–Trinajstić information content (AvgIpc) is 3.28. The zero-order chi connectivity index (χ0) is 22.6. The fourth-order valence-corrected chi connectivity index (χ4v) is 4.20. The Morgan fingerprint density at radius 1 is 1.06 bits per heavy atom. The normalized spacial score (nSPS) is 15.1. The number of amides is 1. The van der Waals surface area contributed by atoms with E-state index in [-0.39, 0.29) is 11.7 Å². The molecule has 3 heterocycles. The van der Waals surface area contributed by atoms with Crippen molar-refractivity contribution in [3.63, 3.8) is 0 Å². The lowest BCUT2D eigenvalue weighted by Crippen LogP contribution is -2.35. The van der Waals surface area contributed by atoms with Gasteiger partial charge in [-0.15, -0.1) is 0 Å². The van der Waals surface area contributed by atoms with E-state index in [1.807, 2.05) is 41.1 Å². The fraction of sp³-hybridized carbons (Fsp3) is 0.192. The summed E-state index contributed by atoms with van der Waals surface area (Å²) in [5.74, 6) is -0.456. The Morgan fingerprint density at radius 2 is 1.85 bits per heavy atom. The third kappa shape index (κ3) is 4.40. The van der Waals surface area contributed by atoms with Gasteiger partial charge >= 0.3 is 0 Å². The standard InChI is InChI=1S/C26H23FN4O2/c27-21-7-5-20(6-8-21)24-23(19-9-12-28-13-10-19)17-30-31(24)15-14-29-26(32)25-22-4-2-1-3-18(22)11-16-33-25/h1-10,12-13,17,25H,11,14-16H2,(H,29,32). The van der Waals surface area contributed by atoms with Crippen LogP contribution in [0.3, 0.4) is 0 Å². The molecule has 5 rings (SSSR count). The monoisotopic (exact) mass is 442 g/mol. The lowest BCUT2D eigenvalue weighted by atomic mass is 9.97. The number of hydrogen-bond acceptors (Lipinski definition) is 4. The van der Waals surface area contributed by atoms with E-state index in [0.717, 1.165) is 39.9 Å². The Hall–Kier alpha value is -3.84. The zero-order valence-corrected chi connectivity index (χ0v) is 17.9. The largest absolute Gasteiger partial charge is 0.363 e. The van der Waals surface area contributed by atoms with Crippen LogP contribution in [0.25, 0.3) is 22.4 Å². The number of pyridine rings is 1. The Kier molecular flexibility index (Phi) is 5.95. The van der Waals surface area contributed by atoms with Gasteiger partial charge in [0.25, 0.3) is 5.91 Å². The van der Waals surface area contributed by atoms with Gasteiger partial charge in [0.05, 0.1) is 25.0 Å². The van der Waals surface area contributed by atoms with E-state index in [1.165, 1.54) is 12.1 Å². The number of rotatable bonds is 6. The van der Waals surface area contributed by atoms with Crippen LogP contribution in [0.15, 0.2) is 79.3 Å². The number of nitrogens with zero attached hydrogens (tertiary/aromatic N) is 3. The summed E-state index contributed by atoms with van der Waals surface area (Å²) in [5.41, 5.74) is 5.65. The molecule has 166 valence electrons. The van der Waals surface area contributed by atoms with Gasteiger partial charge in [-0.3, -0.25) is 14.5 Å². The van der Waals surface area contributed by atoms with Crippen molar-refractivity contribution in [2.45, 2.75) is 19.1 Å². The summed E-state index contributed by atoms with van der Waals surface area (Å²) in [5, 5.41) is 7.54. The highest BCUT2D eigenvalue weighted by molar-refractivity contribution is 5.83. The molecule has 0 bridgehead atoms. The minimum Gasteiger partial charge on any atom is -0.363 e. The molecule has 0 fully saturated rings. The Bertz CT molecular complexity index is 1260. The molecular weight excluding hydrogens is 419 g/mol. The number of fused-ring (bicyclic) bond motifs is 1. The van der Waals surface area contributed by atoms with Crippen LogP contribution in [0.2, 0.25) is 0 Å². The number of nitrogens with one attached hydrogen (secondary N) is 1. The quantitative estimate of drug-likeness (QED) is 0.486. The first-order valence-electron chi connectivity index (χ1n) is 10.9. The molecule has 0 spiro atoms. The summed E-state index contributed by atoms with van der Waals surface area (Å²) < 4.78 is 21.1. The van der Waals surface area contributed by atoms with Crippen LogP contribution >= 0.6 is 0 Å². The van der Waals surface area contributed by atoms with Gasteiger partial charge in [0.15, 0.2) is 6.10 Å². The van der Waals surface area contributed by atoms with Crippen molar-refractivity contribution in [1.82, 2.24) is 20.1 Å². The molecule has 1 unspecified atom stereocenters. The predicted octanol–water partition coefficient (Wildman–Crippen LogP) is 4.18. The van der Waals surface area contributed by atoms with Crippen molar-refractivity contribution in [2.24, 2.45) is 0 Å². The molecule has 2 aromatic carbocycles. The molecule has 0 radical (unpaired) electrons. The minimum absolute atomic E-state index is 0.160. The highest BCUT2D eigenvalue weighted by Gasteiger charge is 2.27. The highest BCUT2D eigenvalue weighted by Crippen LogP contribution is 2.32. The van der Waals surface area contributed by atoms with Crippen molar-refractivity contribution in [3.8, 4) is 22.4 Å². The zero-order valence-electron chi connectivity index (χ0n) is 17.9. The molecule has 1 N–H and O–H groups in total. The smallest absolute Gasteiger partial charge is 0.253 e. The molecule has 33 heavy (non-hydrogen) atoms.